The molecule has 0 radical (unpaired) electrons. The van der Waals surface area contributed by atoms with Crippen LogP contribution in [-0.2, 0) is 0 Å². The second kappa shape index (κ2) is 3.27. The fourth-order valence-electron chi connectivity index (χ4n) is 3.20. The Morgan fingerprint density at radius 3 is 2.46 bits per heavy atom. The fourth-order valence-corrected chi connectivity index (χ4v) is 3.20. The van der Waals surface area contributed by atoms with E-state index in [2.05, 4.69) is 13.8 Å². The van der Waals surface area contributed by atoms with Crippen molar-refractivity contribution in [2.24, 2.45) is 23.5 Å². The predicted molar refractivity (Wildman–Crippen MR) is 56.4 cm³/mol. The van der Waals surface area contributed by atoms with Gasteiger partial charge < -0.3 is 5.73 Å². The molecule has 2 saturated carbocycles. The third-order valence-electron chi connectivity index (χ3n) is 4.07. The summed E-state index contributed by atoms with van der Waals surface area (Å²) in [6.07, 6.45) is 8.34. The molecule has 0 heterocycles. The van der Waals surface area contributed by atoms with Gasteiger partial charge in [-0.1, -0.05) is 26.7 Å². The van der Waals surface area contributed by atoms with E-state index >= 15 is 0 Å². The van der Waals surface area contributed by atoms with E-state index in [-0.39, 0.29) is 5.54 Å². The molecule has 13 heavy (non-hydrogen) atoms. The highest BCUT2D eigenvalue weighted by atomic mass is 14.9. The van der Waals surface area contributed by atoms with Gasteiger partial charge in [0, 0.05) is 5.54 Å². The van der Waals surface area contributed by atoms with Crippen LogP contribution in [0.4, 0.5) is 0 Å². The molecule has 0 spiro atoms. The van der Waals surface area contributed by atoms with Crippen LogP contribution in [0.3, 0.4) is 0 Å². The first-order valence-corrected chi connectivity index (χ1v) is 5.92. The van der Waals surface area contributed by atoms with Crippen LogP contribution in [0.25, 0.3) is 0 Å². The molecule has 0 amide bonds. The van der Waals surface area contributed by atoms with E-state index in [0.29, 0.717) is 0 Å². The largest absolute Gasteiger partial charge is 0.325 e. The molecule has 2 aliphatic rings. The number of rotatable bonds is 3. The maximum absolute atomic E-state index is 6.44. The van der Waals surface area contributed by atoms with E-state index in [4.69, 9.17) is 5.73 Å². The Morgan fingerprint density at radius 2 is 1.92 bits per heavy atom. The van der Waals surface area contributed by atoms with Crippen molar-refractivity contribution in [2.45, 2.75) is 57.9 Å². The molecule has 2 N–H and O–H groups in total. The zero-order valence-corrected chi connectivity index (χ0v) is 9.05. The smallest absolute Gasteiger partial charge is 0.0215 e. The van der Waals surface area contributed by atoms with E-state index in [1.807, 2.05) is 0 Å². The average Bonchev–Trinajstić information content (AvgIpc) is 2.54. The van der Waals surface area contributed by atoms with Gasteiger partial charge >= 0.3 is 0 Å². The van der Waals surface area contributed by atoms with E-state index in [1.54, 1.807) is 0 Å². The summed E-state index contributed by atoms with van der Waals surface area (Å²) in [6, 6.07) is 0. The Balaban J connectivity index is 1.86. The Bertz CT molecular complexity index is 182. The van der Waals surface area contributed by atoms with E-state index in [0.717, 1.165) is 17.8 Å². The highest BCUT2D eigenvalue weighted by Gasteiger charge is 2.55. The second-order valence-corrected chi connectivity index (χ2v) is 5.62. The van der Waals surface area contributed by atoms with Gasteiger partial charge in [0.15, 0.2) is 0 Å². The normalized spacial score (nSPS) is 40.2. The molecule has 0 aromatic rings. The minimum Gasteiger partial charge on any atom is -0.325 e. The maximum Gasteiger partial charge on any atom is 0.0215 e. The molecule has 0 aromatic carbocycles. The molecule has 76 valence electrons. The summed E-state index contributed by atoms with van der Waals surface area (Å²) in [6.45, 7) is 4.63. The zero-order chi connectivity index (χ0) is 9.47. The van der Waals surface area contributed by atoms with Gasteiger partial charge in [-0.3, -0.25) is 0 Å². The van der Waals surface area contributed by atoms with E-state index in [9.17, 15) is 0 Å². The molecule has 1 nitrogen and oxygen atoms in total. The summed E-state index contributed by atoms with van der Waals surface area (Å²) in [5, 5.41) is 0. The van der Waals surface area contributed by atoms with Gasteiger partial charge in [-0.15, -0.1) is 0 Å². The van der Waals surface area contributed by atoms with Crippen LogP contribution in [0, 0.1) is 17.8 Å². The Kier molecular flexibility index (Phi) is 2.39. The number of hydrogen-bond acceptors (Lipinski definition) is 1. The highest BCUT2D eigenvalue weighted by Crippen LogP contribution is 2.54. The molecular formula is C12H23N. The average molecular weight is 181 g/mol. The van der Waals surface area contributed by atoms with E-state index in [1.165, 1.54) is 38.5 Å². The molecule has 0 aliphatic heterocycles. The van der Waals surface area contributed by atoms with Crippen molar-refractivity contribution < 1.29 is 0 Å². The molecule has 0 bridgehead atoms. The summed E-state index contributed by atoms with van der Waals surface area (Å²) < 4.78 is 0. The van der Waals surface area contributed by atoms with Crippen molar-refractivity contribution >= 4 is 0 Å². The molecule has 2 atom stereocenters. The summed E-state index contributed by atoms with van der Waals surface area (Å²) in [4.78, 5) is 0. The van der Waals surface area contributed by atoms with Gasteiger partial charge in [0.1, 0.15) is 0 Å². The van der Waals surface area contributed by atoms with Crippen molar-refractivity contribution in [2.75, 3.05) is 0 Å². The van der Waals surface area contributed by atoms with E-state index < -0.39 is 0 Å². The highest BCUT2D eigenvalue weighted by molar-refractivity contribution is 5.12. The molecule has 1 heteroatoms. The molecule has 0 aromatic heterocycles. The second-order valence-electron chi connectivity index (χ2n) is 5.62. The number of hydrogen-bond donors (Lipinski definition) is 1. The Morgan fingerprint density at radius 1 is 1.31 bits per heavy atom. The van der Waals surface area contributed by atoms with Crippen molar-refractivity contribution in [3.05, 3.63) is 0 Å². The van der Waals surface area contributed by atoms with Crippen molar-refractivity contribution in [3.8, 4) is 0 Å². The maximum atomic E-state index is 6.44. The molecule has 2 rings (SSSR count). The lowest BCUT2D eigenvalue weighted by atomic mass is 9.92. The third-order valence-corrected chi connectivity index (χ3v) is 4.07. The Hall–Kier alpha value is -0.0400. The van der Waals surface area contributed by atoms with Crippen LogP contribution in [0.1, 0.15) is 52.4 Å². The van der Waals surface area contributed by atoms with Crippen LogP contribution >= 0.6 is 0 Å². The lowest BCUT2D eigenvalue weighted by molar-refractivity contribution is 0.363. The van der Waals surface area contributed by atoms with Gasteiger partial charge in [-0.2, -0.15) is 0 Å². The zero-order valence-electron chi connectivity index (χ0n) is 9.05. The van der Waals surface area contributed by atoms with Crippen LogP contribution < -0.4 is 5.73 Å². The van der Waals surface area contributed by atoms with Gasteiger partial charge in [0.05, 0.1) is 0 Å². The summed E-state index contributed by atoms with van der Waals surface area (Å²) >= 11 is 0. The monoisotopic (exact) mass is 181 g/mol. The van der Waals surface area contributed by atoms with Crippen LogP contribution in [0.5, 0.6) is 0 Å². The van der Waals surface area contributed by atoms with Crippen LogP contribution in [-0.4, -0.2) is 5.54 Å². The van der Waals surface area contributed by atoms with Gasteiger partial charge in [-0.25, -0.2) is 0 Å². The first-order chi connectivity index (χ1) is 6.13. The lowest BCUT2D eigenvalue weighted by Crippen LogP contribution is -2.33. The first-order valence-electron chi connectivity index (χ1n) is 5.92. The number of nitrogens with two attached hydrogens (primary N) is 1. The minimum absolute atomic E-state index is 0.279. The summed E-state index contributed by atoms with van der Waals surface area (Å²) in [5.74, 6) is 2.56. The SMILES string of the molecule is CC(C)CC1CC1(N)C1CCCC1. The molecular weight excluding hydrogens is 158 g/mol. The lowest BCUT2D eigenvalue weighted by Gasteiger charge is -2.20. The van der Waals surface area contributed by atoms with Gasteiger partial charge in [-0.05, 0) is 43.4 Å². The Labute approximate surface area is 82.1 Å². The predicted octanol–water partition coefficient (Wildman–Crippen LogP) is 2.94. The van der Waals surface area contributed by atoms with Crippen molar-refractivity contribution in [1.29, 1.82) is 0 Å². The quantitative estimate of drug-likeness (QED) is 0.711. The molecule has 2 unspecified atom stereocenters. The minimum atomic E-state index is 0.279. The van der Waals surface area contributed by atoms with Gasteiger partial charge in [0.2, 0.25) is 0 Å². The first kappa shape index (κ1) is 9.51. The van der Waals surface area contributed by atoms with Crippen LogP contribution in [0.15, 0.2) is 0 Å². The molecule has 2 fully saturated rings. The molecule has 2 aliphatic carbocycles. The van der Waals surface area contributed by atoms with Gasteiger partial charge in [0.25, 0.3) is 0 Å². The van der Waals surface area contributed by atoms with Crippen LogP contribution in [0.2, 0.25) is 0 Å². The molecule has 0 saturated heterocycles. The van der Waals surface area contributed by atoms with Crippen molar-refractivity contribution in [1.82, 2.24) is 0 Å². The summed E-state index contributed by atoms with van der Waals surface area (Å²) in [7, 11) is 0. The van der Waals surface area contributed by atoms with Crippen molar-refractivity contribution in [3.63, 3.8) is 0 Å². The third kappa shape index (κ3) is 1.76. The fraction of sp³-hybridized carbons (Fsp3) is 1.00. The topological polar surface area (TPSA) is 26.0 Å². The summed E-state index contributed by atoms with van der Waals surface area (Å²) in [5.41, 5.74) is 6.72. The standard InChI is InChI=1S/C12H23N/c1-9(2)7-11-8-12(11,13)10-5-3-4-6-10/h9-11H,3-8,13H2,1-2H3.